The van der Waals surface area contributed by atoms with Crippen LogP contribution in [0.15, 0.2) is 30.3 Å². The largest absolute Gasteiger partial charge is 0.341 e. The Balaban J connectivity index is 2.12. The summed E-state index contributed by atoms with van der Waals surface area (Å²) in [5.74, 6) is 2.37. The number of carbonyl (C=O) groups is 1. The average Bonchev–Trinajstić information content (AvgIpc) is 2.97. The van der Waals surface area contributed by atoms with E-state index >= 15 is 0 Å². The van der Waals surface area contributed by atoms with Crippen LogP contribution >= 0.6 is 11.8 Å². The molecule has 3 nitrogen and oxygen atoms in total. The number of amides is 1. The molecule has 3 atom stereocenters. The molecule has 1 aliphatic rings. The van der Waals surface area contributed by atoms with Gasteiger partial charge < -0.3 is 10.6 Å². The summed E-state index contributed by atoms with van der Waals surface area (Å²) in [5, 5.41) is 0.0675. The lowest BCUT2D eigenvalue weighted by molar-refractivity contribution is -0.130. The highest BCUT2D eigenvalue weighted by atomic mass is 32.2. The van der Waals surface area contributed by atoms with Gasteiger partial charge in [-0.05, 0) is 29.7 Å². The third-order valence-electron chi connectivity index (χ3n) is 4.48. The molecule has 22 heavy (non-hydrogen) atoms. The molecule has 0 aliphatic carbocycles. The van der Waals surface area contributed by atoms with Crippen LogP contribution in [0.1, 0.15) is 32.3 Å². The van der Waals surface area contributed by atoms with Gasteiger partial charge in [0.2, 0.25) is 5.91 Å². The second-order valence-electron chi connectivity index (χ2n) is 6.38. The van der Waals surface area contributed by atoms with Crippen LogP contribution in [0.25, 0.3) is 0 Å². The first-order valence-corrected chi connectivity index (χ1v) is 9.28. The molecule has 1 aliphatic heterocycles. The van der Waals surface area contributed by atoms with Crippen molar-refractivity contribution in [3.05, 3.63) is 35.9 Å². The Morgan fingerprint density at radius 1 is 1.32 bits per heavy atom. The highest BCUT2D eigenvalue weighted by Gasteiger charge is 2.38. The van der Waals surface area contributed by atoms with Gasteiger partial charge in [0.25, 0.3) is 0 Å². The minimum absolute atomic E-state index is 0.0675. The lowest BCUT2D eigenvalue weighted by atomic mass is 9.89. The molecule has 1 amide bonds. The summed E-state index contributed by atoms with van der Waals surface area (Å²) in [6.07, 6.45) is 0. The van der Waals surface area contributed by atoms with Gasteiger partial charge in [-0.1, -0.05) is 51.1 Å². The third kappa shape index (κ3) is 3.85. The molecule has 0 aromatic heterocycles. The Morgan fingerprint density at radius 3 is 2.55 bits per heavy atom. The van der Waals surface area contributed by atoms with Crippen LogP contribution in [0.5, 0.6) is 0 Å². The summed E-state index contributed by atoms with van der Waals surface area (Å²) in [6, 6.07) is 10.5. The van der Waals surface area contributed by atoms with Gasteiger partial charge in [-0.2, -0.15) is 0 Å². The molecule has 0 radical (unpaired) electrons. The molecule has 122 valence electrons. The van der Waals surface area contributed by atoms with E-state index in [1.807, 2.05) is 11.0 Å². The molecule has 1 aromatic rings. The van der Waals surface area contributed by atoms with Crippen LogP contribution in [0.2, 0.25) is 0 Å². The van der Waals surface area contributed by atoms with Crippen LogP contribution in [-0.2, 0) is 4.79 Å². The van der Waals surface area contributed by atoms with Crippen LogP contribution in [0, 0.1) is 11.8 Å². The molecule has 1 fully saturated rings. The number of rotatable bonds is 6. The summed E-state index contributed by atoms with van der Waals surface area (Å²) < 4.78 is 0. The minimum atomic E-state index is 0.0675. The van der Waals surface area contributed by atoms with Crippen molar-refractivity contribution in [1.29, 1.82) is 0 Å². The zero-order valence-corrected chi connectivity index (χ0v) is 14.7. The van der Waals surface area contributed by atoms with Gasteiger partial charge in [-0.25, -0.2) is 0 Å². The maximum atomic E-state index is 12.9. The molecule has 4 heteroatoms. The number of benzene rings is 1. The minimum Gasteiger partial charge on any atom is -0.341 e. The Kier molecular flexibility index (Phi) is 6.33. The first kappa shape index (κ1) is 17.4. The van der Waals surface area contributed by atoms with Crippen LogP contribution in [-0.4, -0.2) is 41.4 Å². The Morgan fingerprint density at radius 2 is 2.00 bits per heavy atom. The highest BCUT2D eigenvalue weighted by molar-refractivity contribution is 8.00. The standard InChI is InChI=1S/C18H28N2OS/c1-4-22-17(13(2)3)18(21)20-11-15(10-19)16(12-20)14-8-6-5-7-9-14/h5-9,13,15-17H,4,10-12,19H2,1-3H3/t15-,16+,17?/m1/s1. The average molecular weight is 321 g/mol. The molecule has 2 N–H and O–H groups in total. The summed E-state index contributed by atoms with van der Waals surface area (Å²) in [6.45, 7) is 8.62. The number of nitrogens with two attached hydrogens (primary N) is 1. The summed E-state index contributed by atoms with van der Waals surface area (Å²) >= 11 is 1.76. The maximum Gasteiger partial charge on any atom is 0.235 e. The zero-order valence-electron chi connectivity index (χ0n) is 13.9. The fourth-order valence-electron chi connectivity index (χ4n) is 3.28. The molecule has 0 spiro atoms. The predicted octanol–water partition coefficient (Wildman–Crippen LogP) is 2.97. The summed E-state index contributed by atoms with van der Waals surface area (Å²) in [5.41, 5.74) is 7.28. The molecule has 1 heterocycles. The quantitative estimate of drug-likeness (QED) is 0.876. The summed E-state index contributed by atoms with van der Waals surface area (Å²) in [4.78, 5) is 14.9. The first-order valence-electron chi connectivity index (χ1n) is 8.23. The Labute approximate surface area is 138 Å². The van der Waals surface area contributed by atoms with Crippen molar-refractivity contribution in [2.75, 3.05) is 25.4 Å². The lowest BCUT2D eigenvalue weighted by Crippen LogP contribution is -2.39. The molecular formula is C18H28N2OS. The van der Waals surface area contributed by atoms with Crippen molar-refractivity contribution in [3.63, 3.8) is 0 Å². The smallest absolute Gasteiger partial charge is 0.235 e. The summed E-state index contributed by atoms with van der Waals surface area (Å²) in [7, 11) is 0. The number of likely N-dealkylation sites (tertiary alicyclic amines) is 1. The van der Waals surface area contributed by atoms with E-state index in [0.29, 0.717) is 30.2 Å². The number of hydrogen-bond donors (Lipinski definition) is 1. The normalized spacial score (nSPS) is 23.0. The van der Waals surface area contributed by atoms with Gasteiger partial charge >= 0.3 is 0 Å². The first-order chi connectivity index (χ1) is 10.6. The zero-order chi connectivity index (χ0) is 16.1. The third-order valence-corrected chi connectivity index (χ3v) is 5.92. The molecule has 0 saturated carbocycles. The van der Waals surface area contributed by atoms with Crippen molar-refractivity contribution < 1.29 is 4.79 Å². The Bertz CT molecular complexity index is 477. The number of carbonyl (C=O) groups excluding carboxylic acids is 1. The van der Waals surface area contributed by atoms with Gasteiger partial charge in [0.1, 0.15) is 0 Å². The van der Waals surface area contributed by atoms with Gasteiger partial charge in [0.15, 0.2) is 0 Å². The Hall–Kier alpha value is -1.00. The number of nitrogens with zero attached hydrogens (tertiary/aromatic N) is 1. The molecule has 1 unspecified atom stereocenters. The highest BCUT2D eigenvalue weighted by Crippen LogP contribution is 2.34. The van der Waals surface area contributed by atoms with Crippen molar-refractivity contribution in [2.24, 2.45) is 17.6 Å². The van der Waals surface area contributed by atoms with Crippen molar-refractivity contribution in [1.82, 2.24) is 4.90 Å². The molecule has 1 aromatic carbocycles. The monoisotopic (exact) mass is 320 g/mol. The van der Waals surface area contributed by atoms with Gasteiger partial charge in [0, 0.05) is 19.0 Å². The molecule has 0 bridgehead atoms. The van der Waals surface area contributed by atoms with E-state index in [9.17, 15) is 4.79 Å². The second kappa shape index (κ2) is 8.02. The number of thioether (sulfide) groups is 1. The van der Waals surface area contributed by atoms with E-state index in [0.717, 1.165) is 18.8 Å². The van der Waals surface area contributed by atoms with E-state index in [1.54, 1.807) is 11.8 Å². The van der Waals surface area contributed by atoms with Crippen LogP contribution in [0.4, 0.5) is 0 Å². The van der Waals surface area contributed by atoms with Crippen LogP contribution < -0.4 is 5.73 Å². The lowest BCUT2D eigenvalue weighted by Gasteiger charge is -2.25. The van der Waals surface area contributed by atoms with E-state index in [2.05, 4.69) is 45.0 Å². The van der Waals surface area contributed by atoms with Crippen LogP contribution in [0.3, 0.4) is 0 Å². The van der Waals surface area contributed by atoms with Gasteiger partial charge in [-0.3, -0.25) is 4.79 Å². The van der Waals surface area contributed by atoms with Crippen molar-refractivity contribution in [3.8, 4) is 0 Å². The van der Waals surface area contributed by atoms with Crippen molar-refractivity contribution in [2.45, 2.75) is 31.9 Å². The van der Waals surface area contributed by atoms with Crippen molar-refractivity contribution >= 4 is 17.7 Å². The van der Waals surface area contributed by atoms with Gasteiger partial charge in [0.05, 0.1) is 5.25 Å². The van der Waals surface area contributed by atoms with E-state index in [4.69, 9.17) is 5.73 Å². The van der Waals surface area contributed by atoms with E-state index in [1.165, 1.54) is 5.56 Å². The topological polar surface area (TPSA) is 46.3 Å². The predicted molar refractivity (Wildman–Crippen MR) is 95.1 cm³/mol. The molecule has 1 saturated heterocycles. The fraction of sp³-hybridized carbons (Fsp3) is 0.611. The molecule has 2 rings (SSSR count). The molecular weight excluding hydrogens is 292 g/mol. The SMILES string of the molecule is CCSC(C(=O)N1C[C@@H](CN)[C@H](c2ccccc2)C1)C(C)C. The second-order valence-corrected chi connectivity index (χ2v) is 7.79. The van der Waals surface area contributed by atoms with E-state index < -0.39 is 0 Å². The fourth-order valence-corrected chi connectivity index (χ4v) is 4.31. The van der Waals surface area contributed by atoms with Gasteiger partial charge in [-0.15, -0.1) is 11.8 Å². The maximum absolute atomic E-state index is 12.9. The number of hydrogen-bond acceptors (Lipinski definition) is 3. The van der Waals surface area contributed by atoms with E-state index in [-0.39, 0.29) is 5.25 Å².